The van der Waals surface area contributed by atoms with Gasteiger partial charge in [0.05, 0.1) is 5.75 Å². The Balaban J connectivity index is 3.09. The van der Waals surface area contributed by atoms with Gasteiger partial charge in [-0.2, -0.15) is 0 Å². The van der Waals surface area contributed by atoms with Crippen LogP contribution >= 0.6 is 11.6 Å². The van der Waals surface area contributed by atoms with Crippen LogP contribution in [0.4, 0.5) is 8.78 Å². The molecule has 0 saturated carbocycles. The SMILES string of the molecule is O=S(=O)(CCCCl)c1cc(F)ccc1F. The molecule has 0 fully saturated rings. The van der Waals surface area contributed by atoms with Gasteiger partial charge in [0.25, 0.3) is 0 Å². The van der Waals surface area contributed by atoms with Crippen molar-refractivity contribution in [2.24, 2.45) is 0 Å². The summed E-state index contributed by atoms with van der Waals surface area (Å²) in [6, 6.07) is 2.34. The first-order valence-corrected chi connectivity index (χ1v) is 6.40. The lowest BCUT2D eigenvalue weighted by Crippen LogP contribution is -2.09. The third-order valence-electron chi connectivity index (χ3n) is 1.78. The summed E-state index contributed by atoms with van der Waals surface area (Å²) < 4.78 is 48.9. The number of hydrogen-bond acceptors (Lipinski definition) is 2. The number of hydrogen-bond donors (Lipinski definition) is 0. The van der Waals surface area contributed by atoms with Crippen molar-refractivity contribution in [2.45, 2.75) is 11.3 Å². The van der Waals surface area contributed by atoms with E-state index in [1.165, 1.54) is 0 Å². The summed E-state index contributed by atoms with van der Waals surface area (Å²) in [7, 11) is -3.78. The van der Waals surface area contributed by atoms with Crippen LogP contribution in [0.25, 0.3) is 0 Å². The van der Waals surface area contributed by atoms with E-state index in [9.17, 15) is 17.2 Å². The molecule has 0 heterocycles. The van der Waals surface area contributed by atoms with Gasteiger partial charge in [-0.3, -0.25) is 0 Å². The largest absolute Gasteiger partial charge is 0.224 e. The summed E-state index contributed by atoms with van der Waals surface area (Å²) in [6.07, 6.45) is 0.208. The number of sulfone groups is 1. The molecule has 0 spiro atoms. The lowest BCUT2D eigenvalue weighted by atomic mass is 10.3. The van der Waals surface area contributed by atoms with Crippen molar-refractivity contribution < 1.29 is 17.2 Å². The third-order valence-corrected chi connectivity index (χ3v) is 3.85. The Morgan fingerprint density at radius 1 is 1.27 bits per heavy atom. The minimum atomic E-state index is -3.78. The molecule has 6 heteroatoms. The molecule has 0 atom stereocenters. The summed E-state index contributed by atoms with van der Waals surface area (Å²) in [5.41, 5.74) is 0. The van der Waals surface area contributed by atoms with E-state index in [1.807, 2.05) is 0 Å². The maximum absolute atomic E-state index is 13.1. The van der Waals surface area contributed by atoms with Crippen molar-refractivity contribution in [3.8, 4) is 0 Å². The normalized spacial score (nSPS) is 11.7. The Morgan fingerprint density at radius 3 is 2.53 bits per heavy atom. The molecule has 0 aliphatic carbocycles. The molecule has 0 aliphatic rings. The van der Waals surface area contributed by atoms with Crippen LogP contribution in [0.15, 0.2) is 23.1 Å². The molecule has 84 valence electrons. The van der Waals surface area contributed by atoms with E-state index in [-0.39, 0.29) is 18.1 Å². The maximum Gasteiger partial charge on any atom is 0.181 e. The van der Waals surface area contributed by atoms with E-state index in [4.69, 9.17) is 11.6 Å². The molecule has 0 amide bonds. The van der Waals surface area contributed by atoms with Gasteiger partial charge in [-0.1, -0.05) is 0 Å². The van der Waals surface area contributed by atoms with Gasteiger partial charge in [-0.05, 0) is 24.6 Å². The molecule has 1 aromatic carbocycles. The Labute approximate surface area is 91.8 Å². The standard InChI is InChI=1S/C9H9ClF2O2S/c10-4-1-5-15(13,14)9-6-7(11)2-3-8(9)12/h2-3,6H,1,4-5H2. The average Bonchev–Trinajstić information content (AvgIpc) is 2.18. The number of rotatable bonds is 4. The predicted molar refractivity (Wildman–Crippen MR) is 53.7 cm³/mol. The molecule has 0 aliphatic heterocycles. The fourth-order valence-corrected chi connectivity index (χ4v) is 2.76. The molecule has 0 radical (unpaired) electrons. The minimum absolute atomic E-state index is 0.163. The molecule has 1 aromatic rings. The van der Waals surface area contributed by atoms with Crippen LogP contribution in [-0.2, 0) is 9.84 Å². The van der Waals surface area contributed by atoms with Gasteiger partial charge in [0.2, 0.25) is 0 Å². The van der Waals surface area contributed by atoms with E-state index < -0.39 is 26.4 Å². The third kappa shape index (κ3) is 3.14. The summed E-state index contributed by atoms with van der Waals surface area (Å²) in [6.45, 7) is 0. The van der Waals surface area contributed by atoms with Gasteiger partial charge in [0.15, 0.2) is 9.84 Å². The quantitative estimate of drug-likeness (QED) is 0.773. The van der Waals surface area contributed by atoms with E-state index in [0.717, 1.165) is 12.1 Å². The van der Waals surface area contributed by atoms with Crippen molar-refractivity contribution >= 4 is 21.4 Å². The van der Waals surface area contributed by atoms with Crippen LogP contribution in [0, 0.1) is 11.6 Å². The van der Waals surface area contributed by atoms with Gasteiger partial charge >= 0.3 is 0 Å². The molecule has 0 saturated heterocycles. The molecule has 0 aromatic heterocycles. The number of halogens is 3. The first kappa shape index (κ1) is 12.4. The highest BCUT2D eigenvalue weighted by molar-refractivity contribution is 7.91. The zero-order chi connectivity index (χ0) is 11.5. The highest BCUT2D eigenvalue weighted by atomic mass is 35.5. The zero-order valence-corrected chi connectivity index (χ0v) is 9.28. The van der Waals surface area contributed by atoms with Crippen molar-refractivity contribution in [3.63, 3.8) is 0 Å². The first-order chi connectivity index (χ1) is 6.97. The van der Waals surface area contributed by atoms with Gasteiger partial charge in [0, 0.05) is 5.88 Å². The van der Waals surface area contributed by atoms with Crippen LogP contribution in [0.1, 0.15) is 6.42 Å². The van der Waals surface area contributed by atoms with Crippen LogP contribution < -0.4 is 0 Å². The second kappa shape index (κ2) is 4.90. The zero-order valence-electron chi connectivity index (χ0n) is 7.71. The highest BCUT2D eigenvalue weighted by Crippen LogP contribution is 2.17. The van der Waals surface area contributed by atoms with Crippen molar-refractivity contribution in [2.75, 3.05) is 11.6 Å². The maximum atomic E-state index is 13.1. The molecule has 2 nitrogen and oxygen atoms in total. The van der Waals surface area contributed by atoms with Crippen molar-refractivity contribution in [1.29, 1.82) is 0 Å². The molecule has 0 N–H and O–H groups in total. The van der Waals surface area contributed by atoms with E-state index in [1.54, 1.807) is 0 Å². The highest BCUT2D eigenvalue weighted by Gasteiger charge is 2.19. The lowest BCUT2D eigenvalue weighted by Gasteiger charge is -2.04. The number of benzene rings is 1. The Morgan fingerprint density at radius 2 is 1.93 bits per heavy atom. The molecule has 1 rings (SSSR count). The summed E-state index contributed by atoms with van der Waals surface area (Å²) in [5, 5.41) is 0. The van der Waals surface area contributed by atoms with E-state index >= 15 is 0 Å². The van der Waals surface area contributed by atoms with Gasteiger partial charge in [-0.25, -0.2) is 17.2 Å². The van der Waals surface area contributed by atoms with E-state index in [0.29, 0.717) is 6.07 Å². The van der Waals surface area contributed by atoms with Crippen LogP contribution in [0.5, 0.6) is 0 Å². The molecule has 15 heavy (non-hydrogen) atoms. The molecule has 0 unspecified atom stereocenters. The minimum Gasteiger partial charge on any atom is -0.224 e. The van der Waals surface area contributed by atoms with Crippen LogP contribution in [-0.4, -0.2) is 20.1 Å². The smallest absolute Gasteiger partial charge is 0.181 e. The first-order valence-electron chi connectivity index (χ1n) is 4.21. The Bertz CT molecular complexity index is 445. The summed E-state index contributed by atoms with van der Waals surface area (Å²) >= 11 is 5.33. The van der Waals surface area contributed by atoms with Gasteiger partial charge < -0.3 is 0 Å². The van der Waals surface area contributed by atoms with Crippen LogP contribution in [0.2, 0.25) is 0 Å². The molecular weight excluding hydrogens is 246 g/mol. The van der Waals surface area contributed by atoms with Crippen molar-refractivity contribution in [3.05, 3.63) is 29.8 Å². The monoisotopic (exact) mass is 254 g/mol. The van der Waals surface area contributed by atoms with E-state index in [2.05, 4.69) is 0 Å². The van der Waals surface area contributed by atoms with Crippen LogP contribution in [0.3, 0.4) is 0 Å². The number of alkyl halides is 1. The molecular formula is C9H9ClF2O2S. The van der Waals surface area contributed by atoms with Gasteiger partial charge in [-0.15, -0.1) is 11.6 Å². The summed E-state index contributed by atoms with van der Waals surface area (Å²) in [4.78, 5) is -0.604. The fourth-order valence-electron chi connectivity index (χ4n) is 1.07. The molecule has 0 bridgehead atoms. The predicted octanol–water partition coefficient (Wildman–Crippen LogP) is 2.37. The van der Waals surface area contributed by atoms with Gasteiger partial charge in [0.1, 0.15) is 16.5 Å². The second-order valence-electron chi connectivity index (χ2n) is 2.94. The lowest BCUT2D eigenvalue weighted by molar-refractivity contribution is 0.552. The Hall–Kier alpha value is -0.680. The summed E-state index contributed by atoms with van der Waals surface area (Å²) in [5.74, 6) is -1.83. The second-order valence-corrected chi connectivity index (χ2v) is 5.39. The Kier molecular flexibility index (Phi) is 4.04. The fraction of sp³-hybridized carbons (Fsp3) is 0.333. The van der Waals surface area contributed by atoms with Crippen molar-refractivity contribution in [1.82, 2.24) is 0 Å². The average molecular weight is 255 g/mol. The topological polar surface area (TPSA) is 34.1 Å².